The maximum atomic E-state index is 14.3. The minimum atomic E-state index is -4.80. The van der Waals surface area contributed by atoms with Crippen molar-refractivity contribution in [3.8, 4) is 28.0 Å². The average molecular weight is 1260 g/mol. The molecule has 88 heavy (non-hydrogen) atoms. The van der Waals surface area contributed by atoms with Crippen molar-refractivity contribution in [3.63, 3.8) is 0 Å². The fourth-order valence-electron chi connectivity index (χ4n) is 10.8. The standard InChI is InChI=1S/C64H76F3N7O12S2/c1-42(2)56(72-39-47-12-6-7-13-52(47)59(72)77)60(78)71-40-50(75)36-54(71)58(76)69-38-46-15-14-44(57-43(3)70-41-88-57)34-55(46)86-33-31-84-29-27-82-25-11-9-23-80-22-8-10-24-81-26-28-83-30-32-85-51-20-18-48(19-21-51)74-62(87)73(61(79)63(74,4)5)49-17-16-45(37-68)53(35-49)64(65,66)67/h6-7,12-21,34-35,41-42,50,54,56,75H,8-11,22-33,36,38-40H2,1-5H3,(H,69,76)/t50-,54+,56+/m1/s1. The van der Waals surface area contributed by atoms with Gasteiger partial charge in [-0.25, -0.2) is 4.98 Å². The van der Waals surface area contributed by atoms with Gasteiger partial charge in [0.2, 0.25) is 11.8 Å². The van der Waals surface area contributed by atoms with Gasteiger partial charge in [-0.1, -0.05) is 44.2 Å². The number of unbranched alkanes of at least 4 members (excludes halogenated alkanes) is 2. The molecule has 0 saturated carbocycles. The molecule has 0 aliphatic carbocycles. The highest BCUT2D eigenvalue weighted by Gasteiger charge is 2.51. The van der Waals surface area contributed by atoms with E-state index in [2.05, 4.69) is 10.3 Å². The van der Waals surface area contributed by atoms with Crippen LogP contribution in [0.3, 0.4) is 0 Å². The first kappa shape index (κ1) is 66.9. The smallest absolute Gasteiger partial charge is 0.417 e. The first-order chi connectivity index (χ1) is 42.3. The second-order valence-corrected chi connectivity index (χ2v) is 23.5. The van der Waals surface area contributed by atoms with Crippen molar-refractivity contribution in [1.29, 1.82) is 5.26 Å². The van der Waals surface area contributed by atoms with Crippen molar-refractivity contribution >= 4 is 63.7 Å². The van der Waals surface area contributed by atoms with Crippen molar-refractivity contribution in [2.45, 2.75) is 110 Å². The lowest BCUT2D eigenvalue weighted by Crippen LogP contribution is -2.55. The van der Waals surface area contributed by atoms with Crippen molar-refractivity contribution < 1.29 is 70.6 Å². The molecule has 24 heteroatoms. The van der Waals surface area contributed by atoms with Crippen molar-refractivity contribution in [2.24, 2.45) is 5.92 Å². The highest BCUT2D eigenvalue weighted by molar-refractivity contribution is 7.81. The van der Waals surface area contributed by atoms with Crippen LogP contribution in [0.2, 0.25) is 0 Å². The number of β-amino-alcohol motifs (C(OH)–C–C–N with tert-alkyl or cyclic N) is 1. The summed E-state index contributed by atoms with van der Waals surface area (Å²) in [6, 6.07) is 22.8. The number of ether oxygens (including phenoxy) is 7. The first-order valence-electron chi connectivity index (χ1n) is 29.5. The lowest BCUT2D eigenvalue weighted by Gasteiger charge is -2.35. The molecular formula is C64H76F3N7O12S2. The summed E-state index contributed by atoms with van der Waals surface area (Å²) in [4.78, 5) is 66.2. The van der Waals surface area contributed by atoms with Gasteiger partial charge in [-0.2, -0.15) is 18.4 Å². The number of aromatic nitrogens is 1. The van der Waals surface area contributed by atoms with Crippen LogP contribution >= 0.6 is 23.6 Å². The number of hydrogen-bond acceptors (Lipinski definition) is 16. The Balaban J connectivity index is 0.639. The van der Waals surface area contributed by atoms with E-state index in [1.807, 2.05) is 51.1 Å². The molecule has 4 amide bonds. The molecule has 2 fully saturated rings. The number of aliphatic hydroxyl groups excluding tert-OH is 1. The van der Waals surface area contributed by atoms with E-state index in [0.29, 0.717) is 95.4 Å². The zero-order valence-electron chi connectivity index (χ0n) is 50.2. The topological polar surface area (TPSA) is 215 Å². The number of thiazole rings is 1. The number of alkyl halides is 3. The minimum absolute atomic E-state index is 0.00118. The van der Waals surface area contributed by atoms with Crippen LogP contribution in [0.25, 0.3) is 10.4 Å². The van der Waals surface area contributed by atoms with Gasteiger partial charge in [-0.15, -0.1) is 11.3 Å². The second kappa shape index (κ2) is 31.4. The summed E-state index contributed by atoms with van der Waals surface area (Å²) in [5.74, 6) is -0.632. The molecule has 19 nitrogen and oxygen atoms in total. The molecule has 3 aliphatic heterocycles. The molecule has 3 atom stereocenters. The van der Waals surface area contributed by atoms with Gasteiger partial charge in [0.05, 0.1) is 84.7 Å². The zero-order chi connectivity index (χ0) is 63.0. The monoisotopic (exact) mass is 1260 g/mol. The summed E-state index contributed by atoms with van der Waals surface area (Å²) in [5.41, 5.74) is 3.29. The molecule has 0 radical (unpaired) electrons. The maximum absolute atomic E-state index is 14.3. The molecule has 3 aliphatic rings. The van der Waals surface area contributed by atoms with E-state index >= 15 is 0 Å². The van der Waals surface area contributed by atoms with E-state index in [9.17, 15) is 42.7 Å². The summed E-state index contributed by atoms with van der Waals surface area (Å²) in [6.07, 6.45) is -2.18. The van der Waals surface area contributed by atoms with E-state index < -0.39 is 52.8 Å². The molecule has 0 spiro atoms. The summed E-state index contributed by atoms with van der Waals surface area (Å²) in [7, 11) is 0. The maximum Gasteiger partial charge on any atom is 0.417 e. The number of halogens is 3. The Hall–Kier alpha value is -7.08. The number of benzene rings is 4. The molecule has 1 aromatic heterocycles. The molecule has 8 rings (SSSR count). The summed E-state index contributed by atoms with van der Waals surface area (Å²) >= 11 is 7.15. The van der Waals surface area contributed by atoms with Gasteiger partial charge in [-0.05, 0) is 130 Å². The Morgan fingerprint density at radius 3 is 2.02 bits per heavy atom. The third kappa shape index (κ3) is 16.8. The van der Waals surface area contributed by atoms with Crippen LogP contribution in [0.5, 0.6) is 11.5 Å². The van der Waals surface area contributed by atoms with Crippen molar-refractivity contribution in [1.82, 2.24) is 20.1 Å². The molecule has 2 saturated heterocycles. The molecule has 0 unspecified atom stereocenters. The average Bonchev–Trinajstić information content (AvgIpc) is 1.69. The van der Waals surface area contributed by atoms with Crippen molar-refractivity contribution in [3.05, 3.63) is 124 Å². The van der Waals surface area contributed by atoms with Crippen molar-refractivity contribution in [2.75, 3.05) is 95.6 Å². The van der Waals surface area contributed by atoms with Crippen LogP contribution in [0, 0.1) is 24.2 Å². The Morgan fingerprint density at radius 2 is 1.42 bits per heavy atom. The molecule has 2 N–H and O–H groups in total. The van der Waals surface area contributed by atoms with Crippen LogP contribution in [0.4, 0.5) is 24.5 Å². The number of rotatable bonds is 33. The third-order valence-corrected chi connectivity index (χ3v) is 16.6. The summed E-state index contributed by atoms with van der Waals surface area (Å²) in [6.45, 7) is 14.6. The fraction of sp³-hybridized carbons (Fsp3) is 0.484. The quantitative estimate of drug-likeness (QED) is 0.0296. The number of nitrogens with one attached hydrogen (secondary N) is 1. The number of fused-ring (bicyclic) bond motifs is 1. The normalized spacial score (nSPS) is 16.9. The number of thiocarbonyl (C=S) groups is 1. The van der Waals surface area contributed by atoms with E-state index in [1.165, 1.54) is 22.3 Å². The van der Waals surface area contributed by atoms with Crippen LogP contribution in [0.1, 0.15) is 98.1 Å². The van der Waals surface area contributed by atoms with Crippen LogP contribution < -0.4 is 24.6 Å². The van der Waals surface area contributed by atoms with Crippen LogP contribution in [-0.4, -0.2) is 158 Å². The summed E-state index contributed by atoms with van der Waals surface area (Å²) < 4.78 is 81.9. The second-order valence-electron chi connectivity index (χ2n) is 22.3. The van der Waals surface area contributed by atoms with Gasteiger partial charge < -0.3 is 58.3 Å². The SMILES string of the molecule is Cc1ncsc1-c1ccc(CNC(=O)[C@@H]2C[C@@H](O)CN2C(=O)[C@H](C(C)C)N2Cc3ccccc3C2=O)c(OCCOCCOCCCCOCCCCOCCOCCOc2ccc(N3C(=S)N(c4ccc(C#N)c(C(F)(F)F)c4)C(=O)C3(C)C)cc2)c1. The van der Waals surface area contributed by atoms with E-state index in [1.54, 1.807) is 71.6 Å². The molecule has 4 aromatic carbocycles. The van der Waals surface area contributed by atoms with Gasteiger partial charge >= 0.3 is 6.18 Å². The van der Waals surface area contributed by atoms with E-state index in [0.717, 1.165) is 70.0 Å². The number of aryl methyl sites for hydroxylation is 1. The number of amides is 4. The Labute approximate surface area is 520 Å². The largest absolute Gasteiger partial charge is 0.491 e. The zero-order valence-corrected chi connectivity index (χ0v) is 51.8. The van der Waals surface area contributed by atoms with Crippen LogP contribution in [-0.2, 0) is 57.3 Å². The predicted molar refractivity (Wildman–Crippen MR) is 328 cm³/mol. The number of aliphatic hydroxyl groups is 1. The van der Waals surface area contributed by atoms with Gasteiger partial charge in [-0.3, -0.25) is 24.1 Å². The Bertz CT molecular complexity index is 3250. The van der Waals surface area contributed by atoms with E-state index in [4.69, 9.17) is 45.4 Å². The molecular weight excluding hydrogens is 1180 g/mol. The lowest BCUT2D eigenvalue weighted by molar-refractivity contribution is -0.143. The van der Waals surface area contributed by atoms with Gasteiger partial charge in [0.1, 0.15) is 42.3 Å². The number of carbonyl (C=O) groups excluding carboxylic acids is 4. The summed E-state index contributed by atoms with van der Waals surface area (Å²) in [5, 5.41) is 23.0. The highest BCUT2D eigenvalue weighted by Crippen LogP contribution is 2.41. The molecule has 5 aromatic rings. The molecule has 472 valence electrons. The molecule has 0 bridgehead atoms. The number of anilines is 2. The van der Waals surface area contributed by atoms with Gasteiger partial charge in [0.25, 0.3) is 11.8 Å². The minimum Gasteiger partial charge on any atom is -0.491 e. The number of nitriles is 1. The number of carbonyl (C=O) groups is 4. The number of nitrogens with zero attached hydrogens (tertiary/aromatic N) is 6. The highest BCUT2D eigenvalue weighted by atomic mass is 32.1. The third-order valence-electron chi connectivity index (χ3n) is 15.3. The van der Waals surface area contributed by atoms with E-state index in [-0.39, 0.29) is 61.3 Å². The molecule has 4 heterocycles. The Morgan fingerprint density at radius 1 is 0.818 bits per heavy atom. The van der Waals surface area contributed by atoms with Crippen LogP contribution in [0.15, 0.2) is 90.4 Å². The van der Waals surface area contributed by atoms with Gasteiger partial charge in [0, 0.05) is 69.3 Å². The van der Waals surface area contributed by atoms with Gasteiger partial charge in [0.15, 0.2) is 5.11 Å². The lowest BCUT2D eigenvalue weighted by atomic mass is 10.0. The first-order valence-corrected chi connectivity index (χ1v) is 30.8. The fourth-order valence-corrected chi connectivity index (χ4v) is 12.1. The predicted octanol–water partition coefficient (Wildman–Crippen LogP) is 9.29. The Kier molecular flexibility index (Phi) is 23.9. The number of hydrogen-bond donors (Lipinski definition) is 2. The number of likely N-dealkylation sites (tertiary alicyclic amines) is 1.